The summed E-state index contributed by atoms with van der Waals surface area (Å²) in [7, 11) is 0. The van der Waals surface area contributed by atoms with Gasteiger partial charge in [0.25, 0.3) is 5.56 Å². The fourth-order valence-electron chi connectivity index (χ4n) is 1.50. The Morgan fingerprint density at radius 2 is 2.17 bits per heavy atom. The standard InChI is InChI=1S/C12H18Br2N2O2/c1-2-18-7-3-4-15-5-6-16-9-10(13)8-11(14)12(16)17/h8-9,15H,2-7H2,1H3. The van der Waals surface area contributed by atoms with Crippen LogP contribution in [0.25, 0.3) is 0 Å². The van der Waals surface area contributed by atoms with Gasteiger partial charge in [0.1, 0.15) is 0 Å². The smallest absolute Gasteiger partial charge is 0.264 e. The molecule has 1 aromatic rings. The molecular formula is C12H18Br2N2O2. The van der Waals surface area contributed by atoms with E-state index < -0.39 is 0 Å². The van der Waals surface area contributed by atoms with Crippen LogP contribution in [-0.4, -0.2) is 30.9 Å². The fraction of sp³-hybridized carbons (Fsp3) is 0.583. The maximum atomic E-state index is 11.8. The van der Waals surface area contributed by atoms with E-state index in [0.717, 1.165) is 37.2 Å². The zero-order chi connectivity index (χ0) is 13.4. The first-order valence-corrected chi connectivity index (χ1v) is 7.57. The van der Waals surface area contributed by atoms with Crippen molar-refractivity contribution in [2.45, 2.75) is 19.9 Å². The van der Waals surface area contributed by atoms with E-state index in [1.807, 2.05) is 6.92 Å². The zero-order valence-electron chi connectivity index (χ0n) is 10.4. The summed E-state index contributed by atoms with van der Waals surface area (Å²) < 4.78 is 8.40. The number of nitrogens with one attached hydrogen (secondary N) is 1. The summed E-state index contributed by atoms with van der Waals surface area (Å²) >= 11 is 6.62. The number of halogens is 2. The zero-order valence-corrected chi connectivity index (χ0v) is 13.6. The van der Waals surface area contributed by atoms with Gasteiger partial charge in [-0.15, -0.1) is 0 Å². The summed E-state index contributed by atoms with van der Waals surface area (Å²) in [5.41, 5.74) is -0.00526. The van der Waals surface area contributed by atoms with Crippen LogP contribution in [0.2, 0.25) is 0 Å². The predicted molar refractivity (Wildman–Crippen MR) is 80.1 cm³/mol. The van der Waals surface area contributed by atoms with Crippen molar-refractivity contribution < 1.29 is 4.74 Å². The van der Waals surface area contributed by atoms with E-state index in [1.165, 1.54) is 0 Å². The number of ether oxygens (including phenoxy) is 1. The molecule has 0 saturated heterocycles. The fourth-order valence-corrected chi connectivity index (χ4v) is 2.76. The van der Waals surface area contributed by atoms with Gasteiger partial charge in [0, 0.05) is 37.0 Å². The summed E-state index contributed by atoms with van der Waals surface area (Å²) in [6.45, 7) is 5.88. The van der Waals surface area contributed by atoms with E-state index in [2.05, 4.69) is 37.2 Å². The second-order valence-electron chi connectivity index (χ2n) is 3.81. The molecule has 1 N–H and O–H groups in total. The molecule has 18 heavy (non-hydrogen) atoms. The lowest BCUT2D eigenvalue weighted by atomic mass is 10.4. The molecular weight excluding hydrogens is 364 g/mol. The molecule has 1 aromatic heterocycles. The number of hydrogen-bond donors (Lipinski definition) is 1. The van der Waals surface area contributed by atoms with Gasteiger partial charge in [-0.25, -0.2) is 0 Å². The van der Waals surface area contributed by atoms with Gasteiger partial charge >= 0.3 is 0 Å². The van der Waals surface area contributed by atoms with Gasteiger partial charge in [0.05, 0.1) is 4.47 Å². The van der Waals surface area contributed by atoms with Gasteiger partial charge in [-0.05, 0) is 57.8 Å². The van der Waals surface area contributed by atoms with Crippen LogP contribution in [0.15, 0.2) is 26.0 Å². The number of pyridine rings is 1. The second-order valence-corrected chi connectivity index (χ2v) is 5.58. The highest BCUT2D eigenvalue weighted by Crippen LogP contribution is 2.12. The summed E-state index contributed by atoms with van der Waals surface area (Å²) in [5.74, 6) is 0. The molecule has 0 fully saturated rings. The first kappa shape index (κ1) is 15.9. The molecule has 0 bridgehead atoms. The average molecular weight is 382 g/mol. The van der Waals surface area contributed by atoms with Crippen molar-refractivity contribution in [2.75, 3.05) is 26.3 Å². The van der Waals surface area contributed by atoms with Crippen molar-refractivity contribution in [3.63, 3.8) is 0 Å². The van der Waals surface area contributed by atoms with Crippen molar-refractivity contribution in [1.29, 1.82) is 0 Å². The highest BCUT2D eigenvalue weighted by Gasteiger charge is 2.02. The molecule has 0 unspecified atom stereocenters. The average Bonchev–Trinajstić information content (AvgIpc) is 2.33. The van der Waals surface area contributed by atoms with Crippen molar-refractivity contribution in [1.82, 2.24) is 9.88 Å². The summed E-state index contributed by atoms with van der Waals surface area (Å²) in [5, 5.41) is 3.29. The summed E-state index contributed by atoms with van der Waals surface area (Å²) in [4.78, 5) is 11.8. The predicted octanol–water partition coefficient (Wildman–Crippen LogP) is 2.39. The Hall–Kier alpha value is -0.170. The first-order valence-electron chi connectivity index (χ1n) is 5.99. The van der Waals surface area contributed by atoms with Crippen LogP contribution in [-0.2, 0) is 11.3 Å². The van der Waals surface area contributed by atoms with Crippen LogP contribution in [0.4, 0.5) is 0 Å². The normalized spacial score (nSPS) is 10.8. The summed E-state index contributed by atoms with van der Waals surface area (Å²) in [6, 6.07) is 1.76. The Morgan fingerprint density at radius 3 is 2.89 bits per heavy atom. The highest BCUT2D eigenvalue weighted by molar-refractivity contribution is 9.11. The quantitative estimate of drug-likeness (QED) is 0.703. The van der Waals surface area contributed by atoms with E-state index in [1.54, 1.807) is 16.8 Å². The van der Waals surface area contributed by atoms with Crippen molar-refractivity contribution in [2.24, 2.45) is 0 Å². The van der Waals surface area contributed by atoms with Crippen molar-refractivity contribution in [3.05, 3.63) is 31.6 Å². The molecule has 0 atom stereocenters. The first-order chi connectivity index (χ1) is 8.65. The molecule has 0 spiro atoms. The minimum absolute atomic E-state index is 0.00526. The maximum absolute atomic E-state index is 11.8. The van der Waals surface area contributed by atoms with Crippen molar-refractivity contribution in [3.8, 4) is 0 Å². The molecule has 0 saturated carbocycles. The lowest BCUT2D eigenvalue weighted by molar-refractivity contribution is 0.145. The van der Waals surface area contributed by atoms with Crippen LogP contribution < -0.4 is 10.9 Å². The largest absolute Gasteiger partial charge is 0.382 e. The van der Waals surface area contributed by atoms with Crippen molar-refractivity contribution >= 4 is 31.9 Å². The Morgan fingerprint density at radius 1 is 1.39 bits per heavy atom. The van der Waals surface area contributed by atoms with Crippen LogP contribution in [0.3, 0.4) is 0 Å². The van der Waals surface area contributed by atoms with E-state index in [-0.39, 0.29) is 5.56 Å². The Kier molecular flexibility index (Phi) is 7.81. The molecule has 0 aliphatic carbocycles. The second kappa shape index (κ2) is 8.85. The highest BCUT2D eigenvalue weighted by atomic mass is 79.9. The molecule has 102 valence electrons. The van der Waals surface area contributed by atoms with Gasteiger partial charge < -0.3 is 14.6 Å². The van der Waals surface area contributed by atoms with Gasteiger partial charge in [-0.3, -0.25) is 4.79 Å². The Balaban J connectivity index is 2.29. The van der Waals surface area contributed by atoms with E-state index in [9.17, 15) is 4.79 Å². The topological polar surface area (TPSA) is 43.3 Å². The molecule has 0 aromatic carbocycles. The van der Waals surface area contributed by atoms with E-state index in [0.29, 0.717) is 11.0 Å². The van der Waals surface area contributed by atoms with Gasteiger partial charge in [0.15, 0.2) is 0 Å². The number of hydrogen-bond acceptors (Lipinski definition) is 3. The third-order valence-corrected chi connectivity index (χ3v) is 3.39. The summed E-state index contributed by atoms with van der Waals surface area (Å²) in [6.07, 6.45) is 2.79. The molecule has 0 amide bonds. The Labute approximate surface area is 124 Å². The lowest BCUT2D eigenvalue weighted by Gasteiger charge is -2.08. The van der Waals surface area contributed by atoms with Gasteiger partial charge in [0.2, 0.25) is 0 Å². The van der Waals surface area contributed by atoms with Crippen LogP contribution in [0.1, 0.15) is 13.3 Å². The van der Waals surface area contributed by atoms with Crippen LogP contribution in [0.5, 0.6) is 0 Å². The molecule has 1 rings (SSSR count). The maximum Gasteiger partial charge on any atom is 0.264 e. The molecule has 6 heteroatoms. The molecule has 0 aliphatic heterocycles. The van der Waals surface area contributed by atoms with Gasteiger partial charge in [-0.1, -0.05) is 0 Å². The third kappa shape index (κ3) is 5.65. The number of nitrogens with zero attached hydrogens (tertiary/aromatic N) is 1. The molecule has 0 aliphatic rings. The minimum Gasteiger partial charge on any atom is -0.382 e. The molecule has 0 radical (unpaired) electrons. The monoisotopic (exact) mass is 380 g/mol. The number of aromatic nitrogens is 1. The third-order valence-electron chi connectivity index (χ3n) is 2.38. The Bertz CT molecular complexity index is 421. The van der Waals surface area contributed by atoms with E-state index in [4.69, 9.17) is 4.74 Å². The lowest BCUT2D eigenvalue weighted by Crippen LogP contribution is -2.28. The molecule has 4 nitrogen and oxygen atoms in total. The van der Waals surface area contributed by atoms with E-state index >= 15 is 0 Å². The van der Waals surface area contributed by atoms with Gasteiger partial charge in [-0.2, -0.15) is 0 Å². The number of rotatable bonds is 8. The molecule has 1 heterocycles. The SMILES string of the molecule is CCOCCCNCCn1cc(Br)cc(Br)c1=O. The minimum atomic E-state index is -0.00526. The van der Waals surface area contributed by atoms with Crippen LogP contribution in [0, 0.1) is 0 Å². The van der Waals surface area contributed by atoms with Crippen LogP contribution >= 0.6 is 31.9 Å².